The number of aliphatic carboxylic acids is 1. The Morgan fingerprint density at radius 2 is 2.17 bits per heavy atom. The predicted molar refractivity (Wildman–Crippen MR) is 89.6 cm³/mol. The fourth-order valence-corrected chi connectivity index (χ4v) is 3.20. The molecule has 3 rings (SSSR count). The number of hydrogen-bond donors (Lipinski definition) is 3. The largest absolute Gasteiger partial charge is 0.480 e. The van der Waals surface area contributed by atoms with Crippen molar-refractivity contribution < 1.29 is 14.7 Å². The summed E-state index contributed by atoms with van der Waals surface area (Å²) < 4.78 is 2.09. The van der Waals surface area contributed by atoms with E-state index >= 15 is 0 Å². The molecule has 0 spiro atoms. The maximum absolute atomic E-state index is 12.2. The van der Waals surface area contributed by atoms with Gasteiger partial charge in [0.05, 0.1) is 17.0 Å². The predicted octanol–water partition coefficient (Wildman–Crippen LogP) is 0.914. The van der Waals surface area contributed by atoms with Crippen LogP contribution in [-0.4, -0.2) is 45.7 Å². The van der Waals surface area contributed by atoms with Crippen molar-refractivity contribution in [3.8, 4) is 0 Å². The van der Waals surface area contributed by atoms with Gasteiger partial charge in [0, 0.05) is 19.6 Å². The highest BCUT2D eigenvalue weighted by Gasteiger charge is 2.28. The number of aryl methyl sites for hydroxylation is 1. The van der Waals surface area contributed by atoms with Crippen LogP contribution in [0.15, 0.2) is 24.3 Å². The maximum atomic E-state index is 12.2. The van der Waals surface area contributed by atoms with Crippen molar-refractivity contribution in [3.63, 3.8) is 0 Å². The van der Waals surface area contributed by atoms with Gasteiger partial charge >= 0.3 is 5.97 Å². The Morgan fingerprint density at radius 3 is 2.88 bits per heavy atom. The minimum atomic E-state index is -0.851. The minimum Gasteiger partial charge on any atom is -0.480 e. The summed E-state index contributed by atoms with van der Waals surface area (Å²) in [4.78, 5) is 27.6. The van der Waals surface area contributed by atoms with Crippen molar-refractivity contribution in [3.05, 3.63) is 30.1 Å². The Bertz CT molecular complexity index is 747. The highest BCUT2D eigenvalue weighted by Crippen LogP contribution is 2.16. The van der Waals surface area contributed by atoms with Crippen LogP contribution in [0.3, 0.4) is 0 Å². The van der Waals surface area contributed by atoms with E-state index < -0.39 is 12.0 Å². The van der Waals surface area contributed by atoms with Crippen molar-refractivity contribution >= 4 is 22.9 Å². The van der Waals surface area contributed by atoms with E-state index in [0.717, 1.165) is 16.9 Å². The molecule has 7 nitrogen and oxygen atoms in total. The van der Waals surface area contributed by atoms with E-state index in [1.165, 1.54) is 0 Å². The summed E-state index contributed by atoms with van der Waals surface area (Å²) in [5.41, 5.74) is 2.02. The van der Waals surface area contributed by atoms with Gasteiger partial charge in [-0.3, -0.25) is 9.59 Å². The lowest BCUT2D eigenvalue weighted by Gasteiger charge is -2.26. The molecule has 2 unspecified atom stereocenters. The van der Waals surface area contributed by atoms with Crippen molar-refractivity contribution in [2.75, 3.05) is 13.1 Å². The number of carbonyl (C=O) groups excluding carboxylic acids is 1. The number of nitrogens with zero attached hydrogens (tertiary/aromatic N) is 2. The molecule has 1 aromatic heterocycles. The molecule has 128 valence electrons. The van der Waals surface area contributed by atoms with Crippen molar-refractivity contribution in [1.82, 2.24) is 20.2 Å². The molecule has 24 heavy (non-hydrogen) atoms. The molecule has 7 heteroatoms. The summed E-state index contributed by atoms with van der Waals surface area (Å²) >= 11 is 0. The highest BCUT2D eigenvalue weighted by molar-refractivity contribution is 5.80. The number of amides is 1. The van der Waals surface area contributed by atoms with Crippen LogP contribution >= 0.6 is 0 Å². The lowest BCUT2D eigenvalue weighted by molar-refractivity contribution is -0.141. The molecule has 0 aliphatic carbocycles. The summed E-state index contributed by atoms with van der Waals surface area (Å²) in [5.74, 6) is -0.111. The Morgan fingerprint density at radius 1 is 1.38 bits per heavy atom. The number of carboxylic acids is 1. The number of fused-ring (bicyclic) bond motifs is 1. The van der Waals surface area contributed by atoms with Gasteiger partial charge in [0.25, 0.3) is 0 Å². The fourth-order valence-electron chi connectivity index (χ4n) is 3.20. The molecule has 0 radical (unpaired) electrons. The molecule has 1 aliphatic rings. The lowest BCUT2D eigenvalue weighted by atomic mass is 9.94. The Labute approximate surface area is 140 Å². The standard InChI is InChI=1S/C17H22N4O3/c1-11-20-13-4-2-3-5-15(13)21(11)9-8-18-16(22)12-6-7-14(17(23)24)19-10-12/h2-5,12,14,19H,6-10H2,1H3,(H,18,22)(H,23,24). The summed E-state index contributed by atoms with van der Waals surface area (Å²) in [6.07, 6.45) is 1.08. The number of carboxylic acid groups (broad SMARTS) is 1. The zero-order valence-electron chi connectivity index (χ0n) is 13.7. The second-order valence-corrected chi connectivity index (χ2v) is 6.16. The molecule has 1 aliphatic heterocycles. The van der Waals surface area contributed by atoms with Gasteiger partial charge in [-0.1, -0.05) is 12.1 Å². The second kappa shape index (κ2) is 7.00. The van der Waals surface area contributed by atoms with E-state index in [0.29, 0.717) is 32.5 Å². The zero-order chi connectivity index (χ0) is 17.1. The van der Waals surface area contributed by atoms with E-state index in [2.05, 4.69) is 20.2 Å². The molecule has 1 amide bonds. The SMILES string of the molecule is Cc1nc2ccccc2n1CCNC(=O)C1CCC(C(=O)O)NC1. The van der Waals surface area contributed by atoms with E-state index in [1.807, 2.05) is 31.2 Å². The molecule has 2 heterocycles. The summed E-state index contributed by atoms with van der Waals surface area (Å²) in [6.45, 7) is 3.56. The summed E-state index contributed by atoms with van der Waals surface area (Å²) in [5, 5.41) is 14.8. The van der Waals surface area contributed by atoms with Gasteiger partial charge in [-0.15, -0.1) is 0 Å². The van der Waals surface area contributed by atoms with Crippen LogP contribution < -0.4 is 10.6 Å². The number of hydrogen-bond acceptors (Lipinski definition) is 4. The van der Waals surface area contributed by atoms with Gasteiger partial charge in [-0.05, 0) is 31.9 Å². The smallest absolute Gasteiger partial charge is 0.320 e. The molecule has 1 fully saturated rings. The van der Waals surface area contributed by atoms with E-state index in [-0.39, 0.29) is 11.8 Å². The number of rotatable bonds is 5. The topological polar surface area (TPSA) is 96.2 Å². The quantitative estimate of drug-likeness (QED) is 0.757. The van der Waals surface area contributed by atoms with Crippen LogP contribution in [-0.2, 0) is 16.1 Å². The number of benzene rings is 1. The first kappa shape index (κ1) is 16.4. The number of para-hydroxylation sites is 2. The van der Waals surface area contributed by atoms with Gasteiger partial charge in [0.2, 0.25) is 5.91 Å². The highest BCUT2D eigenvalue weighted by atomic mass is 16.4. The van der Waals surface area contributed by atoms with Gasteiger partial charge in [0.15, 0.2) is 0 Å². The molecule has 2 aromatic rings. The van der Waals surface area contributed by atoms with Gasteiger partial charge in [0.1, 0.15) is 11.9 Å². The maximum Gasteiger partial charge on any atom is 0.320 e. The monoisotopic (exact) mass is 330 g/mol. The van der Waals surface area contributed by atoms with Crippen LogP contribution in [0.25, 0.3) is 11.0 Å². The molecule has 1 saturated heterocycles. The normalized spacial score (nSPS) is 20.9. The molecular formula is C17H22N4O3. The third-order valence-electron chi connectivity index (χ3n) is 4.56. The number of carbonyl (C=O) groups is 2. The van der Waals surface area contributed by atoms with Gasteiger partial charge < -0.3 is 20.3 Å². The average Bonchev–Trinajstić information content (AvgIpc) is 2.90. The van der Waals surface area contributed by atoms with Gasteiger partial charge in [-0.2, -0.15) is 0 Å². The van der Waals surface area contributed by atoms with Crippen LogP contribution in [0.5, 0.6) is 0 Å². The Balaban J connectivity index is 1.52. The number of nitrogens with one attached hydrogen (secondary N) is 2. The number of aromatic nitrogens is 2. The molecule has 0 bridgehead atoms. The van der Waals surface area contributed by atoms with Crippen LogP contribution in [0.4, 0.5) is 0 Å². The third kappa shape index (κ3) is 3.41. The van der Waals surface area contributed by atoms with E-state index in [1.54, 1.807) is 0 Å². The van der Waals surface area contributed by atoms with E-state index in [9.17, 15) is 9.59 Å². The van der Waals surface area contributed by atoms with Crippen LogP contribution in [0, 0.1) is 12.8 Å². The molecule has 1 aromatic carbocycles. The van der Waals surface area contributed by atoms with Crippen molar-refractivity contribution in [2.45, 2.75) is 32.4 Å². The van der Waals surface area contributed by atoms with Crippen LogP contribution in [0.1, 0.15) is 18.7 Å². The zero-order valence-corrected chi connectivity index (χ0v) is 13.7. The fraction of sp³-hybridized carbons (Fsp3) is 0.471. The Kier molecular flexibility index (Phi) is 4.80. The Hall–Kier alpha value is -2.41. The third-order valence-corrected chi connectivity index (χ3v) is 4.56. The first-order chi connectivity index (χ1) is 11.6. The van der Waals surface area contributed by atoms with E-state index in [4.69, 9.17) is 5.11 Å². The number of piperidine rings is 1. The molecule has 2 atom stereocenters. The molecular weight excluding hydrogens is 308 g/mol. The first-order valence-electron chi connectivity index (χ1n) is 8.22. The summed E-state index contributed by atoms with van der Waals surface area (Å²) in [6, 6.07) is 7.40. The van der Waals surface area contributed by atoms with Gasteiger partial charge in [-0.25, -0.2) is 4.98 Å². The number of imidazole rings is 1. The minimum absolute atomic E-state index is 0.0200. The first-order valence-corrected chi connectivity index (χ1v) is 8.22. The van der Waals surface area contributed by atoms with Crippen molar-refractivity contribution in [2.24, 2.45) is 5.92 Å². The van der Waals surface area contributed by atoms with Crippen molar-refractivity contribution in [1.29, 1.82) is 0 Å². The second-order valence-electron chi connectivity index (χ2n) is 6.16. The molecule has 0 saturated carbocycles. The van der Waals surface area contributed by atoms with Crippen LogP contribution in [0.2, 0.25) is 0 Å². The molecule has 3 N–H and O–H groups in total. The lowest BCUT2D eigenvalue weighted by Crippen LogP contribution is -2.48. The average molecular weight is 330 g/mol. The summed E-state index contributed by atoms with van der Waals surface area (Å²) in [7, 11) is 0.